The Labute approximate surface area is 163 Å². The summed E-state index contributed by atoms with van der Waals surface area (Å²) in [6, 6.07) is 25.4. The van der Waals surface area contributed by atoms with E-state index in [4.69, 9.17) is 11.6 Å². The van der Waals surface area contributed by atoms with Crippen LogP contribution in [0.1, 0.15) is 29.5 Å². The Balaban J connectivity index is 1.83. The molecule has 3 aromatic carbocycles. The fraction of sp³-hybridized carbons (Fsp3) is 0.125. The molecule has 4 aromatic rings. The number of hydrogen-bond donors (Lipinski definition) is 1. The standard InChI is InChI=1S/C24H19ClN2/c25-21-9-5-4-8-20(21)24(17-10-11-17)23(16-6-2-1-3-7-16)18-12-13-22-19(14-18)15-26-27-22/h1-9,12-15,17H,10-11H2,(H,26,27)/b24-23+. The summed E-state index contributed by atoms with van der Waals surface area (Å²) < 4.78 is 0. The maximum atomic E-state index is 6.64. The number of allylic oxidation sites excluding steroid dienone is 1. The van der Waals surface area contributed by atoms with Crippen molar-refractivity contribution < 1.29 is 0 Å². The zero-order chi connectivity index (χ0) is 18.2. The van der Waals surface area contributed by atoms with Crippen molar-refractivity contribution >= 4 is 33.7 Å². The van der Waals surface area contributed by atoms with Crippen LogP contribution in [0.3, 0.4) is 0 Å². The van der Waals surface area contributed by atoms with Gasteiger partial charge in [-0.1, -0.05) is 66.2 Å². The van der Waals surface area contributed by atoms with Gasteiger partial charge in [0.15, 0.2) is 0 Å². The number of nitrogens with zero attached hydrogens (tertiary/aromatic N) is 1. The van der Waals surface area contributed by atoms with Crippen LogP contribution in [0.4, 0.5) is 0 Å². The van der Waals surface area contributed by atoms with Gasteiger partial charge in [-0.3, -0.25) is 5.10 Å². The Morgan fingerprint density at radius 1 is 0.889 bits per heavy atom. The van der Waals surface area contributed by atoms with Crippen LogP contribution in [0.2, 0.25) is 5.02 Å². The third-order valence-electron chi connectivity index (χ3n) is 5.21. The van der Waals surface area contributed by atoms with Crippen molar-refractivity contribution in [2.45, 2.75) is 12.8 Å². The molecule has 0 aliphatic heterocycles. The summed E-state index contributed by atoms with van der Waals surface area (Å²) in [5.41, 5.74) is 7.26. The highest BCUT2D eigenvalue weighted by atomic mass is 35.5. The van der Waals surface area contributed by atoms with E-state index >= 15 is 0 Å². The second kappa shape index (κ2) is 6.71. The number of aromatic nitrogens is 2. The van der Waals surface area contributed by atoms with Crippen molar-refractivity contribution in [3.63, 3.8) is 0 Å². The van der Waals surface area contributed by atoms with E-state index in [9.17, 15) is 0 Å². The minimum absolute atomic E-state index is 0.556. The number of fused-ring (bicyclic) bond motifs is 1. The van der Waals surface area contributed by atoms with E-state index in [2.05, 4.69) is 70.9 Å². The second-order valence-electron chi connectivity index (χ2n) is 7.08. The van der Waals surface area contributed by atoms with Gasteiger partial charge in [-0.2, -0.15) is 5.10 Å². The van der Waals surface area contributed by atoms with Crippen molar-refractivity contribution in [1.82, 2.24) is 10.2 Å². The SMILES string of the molecule is Clc1ccccc1/C(=C(\c1ccccc1)c1ccc2[nH]ncc2c1)C1CC1. The first-order valence-electron chi connectivity index (χ1n) is 9.29. The molecule has 0 bridgehead atoms. The van der Waals surface area contributed by atoms with Gasteiger partial charge in [0.05, 0.1) is 11.7 Å². The molecule has 5 rings (SSSR count). The van der Waals surface area contributed by atoms with E-state index < -0.39 is 0 Å². The molecule has 1 N–H and O–H groups in total. The Morgan fingerprint density at radius 3 is 2.44 bits per heavy atom. The molecule has 132 valence electrons. The molecule has 0 unspecified atom stereocenters. The number of H-pyrrole nitrogens is 1. The fourth-order valence-corrected chi connectivity index (χ4v) is 4.03. The van der Waals surface area contributed by atoms with Gasteiger partial charge in [0.2, 0.25) is 0 Å². The molecule has 0 spiro atoms. The summed E-state index contributed by atoms with van der Waals surface area (Å²) in [5.74, 6) is 0.556. The van der Waals surface area contributed by atoms with Gasteiger partial charge >= 0.3 is 0 Å². The second-order valence-corrected chi connectivity index (χ2v) is 7.49. The highest BCUT2D eigenvalue weighted by Crippen LogP contribution is 2.49. The third kappa shape index (κ3) is 3.07. The van der Waals surface area contributed by atoms with Gasteiger partial charge in [-0.05, 0) is 64.8 Å². The number of nitrogens with one attached hydrogen (secondary N) is 1. The first-order valence-corrected chi connectivity index (χ1v) is 9.67. The Morgan fingerprint density at radius 2 is 1.67 bits per heavy atom. The Hall–Kier alpha value is -2.84. The fourth-order valence-electron chi connectivity index (χ4n) is 3.79. The highest BCUT2D eigenvalue weighted by molar-refractivity contribution is 6.32. The summed E-state index contributed by atoms with van der Waals surface area (Å²) >= 11 is 6.64. The first kappa shape index (κ1) is 16.3. The lowest BCUT2D eigenvalue weighted by Crippen LogP contribution is -1.98. The summed E-state index contributed by atoms with van der Waals surface area (Å²) in [6.45, 7) is 0. The largest absolute Gasteiger partial charge is 0.278 e. The van der Waals surface area contributed by atoms with E-state index in [-0.39, 0.29) is 0 Å². The molecule has 1 aromatic heterocycles. The van der Waals surface area contributed by atoms with Crippen LogP contribution in [0.15, 0.2) is 79.0 Å². The summed E-state index contributed by atoms with van der Waals surface area (Å²) in [7, 11) is 0. The molecule has 27 heavy (non-hydrogen) atoms. The van der Waals surface area contributed by atoms with Crippen molar-refractivity contribution in [2.24, 2.45) is 5.92 Å². The summed E-state index contributed by atoms with van der Waals surface area (Å²) in [5, 5.41) is 9.16. The van der Waals surface area contributed by atoms with Crippen molar-refractivity contribution in [3.8, 4) is 0 Å². The monoisotopic (exact) mass is 370 g/mol. The lowest BCUT2D eigenvalue weighted by atomic mass is 9.86. The molecule has 1 aliphatic carbocycles. The minimum Gasteiger partial charge on any atom is -0.278 e. The van der Waals surface area contributed by atoms with Crippen LogP contribution in [-0.2, 0) is 0 Å². The average molecular weight is 371 g/mol. The molecule has 0 amide bonds. The molecule has 1 heterocycles. The van der Waals surface area contributed by atoms with E-state index in [0.29, 0.717) is 5.92 Å². The molecular weight excluding hydrogens is 352 g/mol. The van der Waals surface area contributed by atoms with Crippen LogP contribution >= 0.6 is 11.6 Å². The van der Waals surface area contributed by atoms with E-state index in [1.165, 1.54) is 35.1 Å². The Kier molecular flexibility index (Phi) is 4.06. The quantitative estimate of drug-likeness (QED) is 0.403. The predicted octanol–water partition coefficient (Wildman–Crippen LogP) is 6.59. The van der Waals surface area contributed by atoms with Gasteiger partial charge in [-0.15, -0.1) is 0 Å². The van der Waals surface area contributed by atoms with Crippen molar-refractivity contribution in [1.29, 1.82) is 0 Å². The van der Waals surface area contributed by atoms with Crippen molar-refractivity contribution in [3.05, 3.63) is 101 Å². The van der Waals surface area contributed by atoms with Crippen LogP contribution in [0.25, 0.3) is 22.0 Å². The van der Waals surface area contributed by atoms with E-state index in [1.807, 2.05) is 18.3 Å². The first-order chi connectivity index (χ1) is 13.3. The lowest BCUT2D eigenvalue weighted by Gasteiger charge is -2.18. The van der Waals surface area contributed by atoms with E-state index in [0.717, 1.165) is 21.5 Å². The number of halogens is 1. The van der Waals surface area contributed by atoms with E-state index in [1.54, 1.807) is 0 Å². The van der Waals surface area contributed by atoms with Gasteiger partial charge in [0.25, 0.3) is 0 Å². The molecular formula is C24H19ClN2. The van der Waals surface area contributed by atoms with Gasteiger partial charge in [-0.25, -0.2) is 0 Å². The number of rotatable bonds is 4. The molecule has 1 fully saturated rings. The number of aromatic amines is 1. The van der Waals surface area contributed by atoms with Crippen LogP contribution in [0.5, 0.6) is 0 Å². The van der Waals surface area contributed by atoms with Crippen LogP contribution in [0, 0.1) is 5.92 Å². The topological polar surface area (TPSA) is 28.7 Å². The smallest absolute Gasteiger partial charge is 0.0650 e. The molecule has 0 saturated heterocycles. The zero-order valence-electron chi connectivity index (χ0n) is 14.8. The van der Waals surface area contributed by atoms with Crippen LogP contribution in [-0.4, -0.2) is 10.2 Å². The molecule has 0 atom stereocenters. The van der Waals surface area contributed by atoms with Gasteiger partial charge in [0, 0.05) is 10.4 Å². The predicted molar refractivity (Wildman–Crippen MR) is 113 cm³/mol. The molecule has 1 saturated carbocycles. The maximum absolute atomic E-state index is 6.64. The van der Waals surface area contributed by atoms with Gasteiger partial charge < -0.3 is 0 Å². The molecule has 2 nitrogen and oxygen atoms in total. The number of hydrogen-bond acceptors (Lipinski definition) is 1. The minimum atomic E-state index is 0.556. The summed E-state index contributed by atoms with van der Waals surface area (Å²) in [6.07, 6.45) is 4.31. The zero-order valence-corrected chi connectivity index (χ0v) is 15.6. The average Bonchev–Trinajstić information content (AvgIpc) is 3.43. The lowest BCUT2D eigenvalue weighted by molar-refractivity contribution is 1.12. The van der Waals surface area contributed by atoms with Gasteiger partial charge in [0.1, 0.15) is 0 Å². The summed E-state index contributed by atoms with van der Waals surface area (Å²) in [4.78, 5) is 0. The molecule has 3 heteroatoms. The normalized spacial score (nSPS) is 15.0. The molecule has 0 radical (unpaired) electrons. The third-order valence-corrected chi connectivity index (χ3v) is 5.54. The molecule has 1 aliphatic rings. The number of benzene rings is 3. The highest BCUT2D eigenvalue weighted by Gasteiger charge is 2.31. The van der Waals surface area contributed by atoms with Crippen LogP contribution < -0.4 is 0 Å². The van der Waals surface area contributed by atoms with Crippen molar-refractivity contribution in [2.75, 3.05) is 0 Å². The maximum Gasteiger partial charge on any atom is 0.0650 e. The Bertz CT molecular complexity index is 1140.